The van der Waals surface area contributed by atoms with Gasteiger partial charge in [-0.1, -0.05) is 15.9 Å². The van der Waals surface area contributed by atoms with Gasteiger partial charge in [-0.25, -0.2) is 4.39 Å². The normalized spacial score (nSPS) is 20.4. The first-order valence-electron chi connectivity index (χ1n) is 8.32. The molecule has 0 bridgehead atoms. The molecular weight excluding hydrogens is 389 g/mol. The van der Waals surface area contributed by atoms with E-state index in [4.69, 9.17) is 4.74 Å². The Balaban J connectivity index is 1.67. The minimum atomic E-state index is -0.337. The number of halogens is 2. The van der Waals surface area contributed by atoms with Crippen molar-refractivity contribution in [3.05, 3.63) is 40.4 Å². The number of carbonyl (C=O) groups excluding carboxylic acids is 2. The lowest BCUT2D eigenvalue weighted by atomic mass is 9.79. The van der Waals surface area contributed by atoms with E-state index in [-0.39, 0.29) is 35.8 Å². The Morgan fingerprint density at radius 3 is 2.56 bits per heavy atom. The summed E-state index contributed by atoms with van der Waals surface area (Å²) in [7, 11) is 1.39. The van der Waals surface area contributed by atoms with E-state index in [2.05, 4.69) is 20.9 Å². The molecule has 1 saturated carbocycles. The molecule has 1 aromatic carbocycles. The molecule has 0 N–H and O–H groups in total. The smallest absolute Gasteiger partial charge is 0.308 e. The highest BCUT2D eigenvalue weighted by Crippen LogP contribution is 2.31. The van der Waals surface area contributed by atoms with Crippen molar-refractivity contribution >= 4 is 38.5 Å². The van der Waals surface area contributed by atoms with Crippen LogP contribution in [0.4, 0.5) is 4.39 Å². The number of esters is 1. The molecule has 6 heteroatoms. The Labute approximate surface area is 153 Å². The fourth-order valence-corrected chi connectivity index (χ4v) is 3.91. The number of hydrogen-bond acceptors (Lipinski definition) is 4. The molecule has 1 heterocycles. The summed E-state index contributed by atoms with van der Waals surface area (Å²) in [6.07, 6.45) is 4.49. The molecule has 0 spiro atoms. The summed E-state index contributed by atoms with van der Waals surface area (Å²) in [6.45, 7) is 0. The number of pyridine rings is 1. The number of ketones is 1. The minimum absolute atomic E-state index is 0.0438. The summed E-state index contributed by atoms with van der Waals surface area (Å²) >= 11 is 3.28. The first-order chi connectivity index (χ1) is 12.0. The topological polar surface area (TPSA) is 56.3 Å². The molecule has 0 amide bonds. The van der Waals surface area contributed by atoms with Crippen molar-refractivity contribution in [2.75, 3.05) is 7.11 Å². The number of benzene rings is 1. The van der Waals surface area contributed by atoms with Gasteiger partial charge in [-0.2, -0.15) is 0 Å². The molecule has 132 valence electrons. The van der Waals surface area contributed by atoms with Gasteiger partial charge in [0.05, 0.1) is 13.0 Å². The molecule has 0 radical (unpaired) electrons. The van der Waals surface area contributed by atoms with E-state index < -0.39 is 0 Å². The number of hydrogen-bond donors (Lipinski definition) is 0. The third kappa shape index (κ3) is 4.06. The van der Waals surface area contributed by atoms with Gasteiger partial charge in [0.25, 0.3) is 0 Å². The number of aromatic nitrogens is 1. The zero-order valence-electron chi connectivity index (χ0n) is 13.9. The molecular formula is C19H19BrFNO3. The van der Waals surface area contributed by atoms with Gasteiger partial charge in [-0.05, 0) is 49.3 Å². The summed E-state index contributed by atoms with van der Waals surface area (Å²) in [6, 6.07) is 4.98. The van der Waals surface area contributed by atoms with Crippen molar-refractivity contribution in [1.82, 2.24) is 4.98 Å². The predicted molar refractivity (Wildman–Crippen MR) is 95.6 cm³/mol. The van der Waals surface area contributed by atoms with E-state index >= 15 is 0 Å². The van der Waals surface area contributed by atoms with Crippen molar-refractivity contribution < 1.29 is 18.7 Å². The molecule has 1 aliphatic rings. The molecule has 25 heavy (non-hydrogen) atoms. The molecule has 3 rings (SSSR count). The van der Waals surface area contributed by atoms with Crippen molar-refractivity contribution in [2.45, 2.75) is 32.1 Å². The highest BCUT2D eigenvalue weighted by atomic mass is 79.9. The van der Waals surface area contributed by atoms with Crippen LogP contribution in [-0.4, -0.2) is 23.8 Å². The number of carbonyl (C=O) groups is 2. The summed E-state index contributed by atoms with van der Waals surface area (Å²) in [5.74, 6) is -0.526. The molecule has 1 aromatic heterocycles. The zero-order valence-corrected chi connectivity index (χ0v) is 15.5. The molecule has 0 unspecified atom stereocenters. The van der Waals surface area contributed by atoms with Crippen LogP contribution in [0.15, 0.2) is 28.9 Å². The maximum absolute atomic E-state index is 13.9. The zero-order chi connectivity index (χ0) is 18.0. The SMILES string of the molecule is COC(=O)C1CCC(C(=O)Cc2cc3cc(Br)cc(F)c3cn2)CC1. The summed E-state index contributed by atoms with van der Waals surface area (Å²) in [5.41, 5.74) is 0.644. The standard InChI is InChI=1S/C19H19BrFNO3/c1-25-19(24)12-4-2-11(3-5-12)18(23)9-15-7-13-6-14(20)8-17(21)16(13)10-22-15/h6-8,10-12H,2-5,9H2,1H3. The molecule has 4 nitrogen and oxygen atoms in total. The summed E-state index contributed by atoms with van der Waals surface area (Å²) in [5, 5.41) is 1.16. The van der Waals surface area contributed by atoms with Crippen LogP contribution < -0.4 is 0 Å². The maximum atomic E-state index is 13.9. The predicted octanol–water partition coefficient (Wildman–Crippen LogP) is 4.23. The molecule has 0 atom stereocenters. The Morgan fingerprint density at radius 1 is 1.20 bits per heavy atom. The van der Waals surface area contributed by atoms with Crippen molar-refractivity contribution in [2.24, 2.45) is 11.8 Å². The lowest BCUT2D eigenvalue weighted by Crippen LogP contribution is -2.27. The lowest BCUT2D eigenvalue weighted by Gasteiger charge is -2.25. The van der Waals surface area contributed by atoms with Gasteiger partial charge in [0.2, 0.25) is 0 Å². The molecule has 0 saturated heterocycles. The van der Waals surface area contributed by atoms with E-state index in [9.17, 15) is 14.0 Å². The Bertz CT molecular complexity index is 816. The van der Waals surface area contributed by atoms with Gasteiger partial charge in [0, 0.05) is 34.1 Å². The fourth-order valence-electron chi connectivity index (χ4n) is 3.46. The number of fused-ring (bicyclic) bond motifs is 1. The average molecular weight is 408 g/mol. The lowest BCUT2D eigenvalue weighted by molar-refractivity contribution is -0.147. The third-order valence-electron chi connectivity index (χ3n) is 4.88. The summed E-state index contributed by atoms with van der Waals surface area (Å²) < 4.78 is 19.3. The number of nitrogens with zero attached hydrogens (tertiary/aromatic N) is 1. The monoisotopic (exact) mass is 407 g/mol. The van der Waals surface area contributed by atoms with Crippen LogP contribution in [-0.2, 0) is 20.7 Å². The van der Waals surface area contributed by atoms with E-state index in [1.54, 1.807) is 6.07 Å². The van der Waals surface area contributed by atoms with E-state index in [0.29, 0.717) is 41.2 Å². The third-order valence-corrected chi connectivity index (χ3v) is 5.34. The van der Waals surface area contributed by atoms with Gasteiger partial charge < -0.3 is 4.74 Å². The average Bonchev–Trinajstić information content (AvgIpc) is 2.60. The van der Waals surface area contributed by atoms with E-state index in [0.717, 1.165) is 5.39 Å². The summed E-state index contributed by atoms with van der Waals surface area (Å²) in [4.78, 5) is 28.3. The van der Waals surface area contributed by atoms with Crippen LogP contribution in [0.1, 0.15) is 31.4 Å². The van der Waals surface area contributed by atoms with Gasteiger partial charge in [0.1, 0.15) is 11.6 Å². The first kappa shape index (κ1) is 18.0. The number of ether oxygens (including phenoxy) is 1. The van der Waals surface area contributed by atoms with Gasteiger partial charge in [-0.3, -0.25) is 14.6 Å². The Hall–Kier alpha value is -1.82. The molecule has 1 fully saturated rings. The number of methoxy groups -OCH3 is 1. The number of rotatable bonds is 4. The van der Waals surface area contributed by atoms with Crippen LogP contribution in [0.3, 0.4) is 0 Å². The highest BCUT2D eigenvalue weighted by Gasteiger charge is 2.30. The van der Waals surface area contributed by atoms with Crippen molar-refractivity contribution in [3.8, 4) is 0 Å². The van der Waals surface area contributed by atoms with Crippen LogP contribution in [0, 0.1) is 17.7 Å². The second kappa shape index (κ2) is 7.60. The fraction of sp³-hybridized carbons (Fsp3) is 0.421. The second-order valence-electron chi connectivity index (χ2n) is 6.50. The van der Waals surface area contributed by atoms with Crippen LogP contribution in [0.2, 0.25) is 0 Å². The van der Waals surface area contributed by atoms with E-state index in [1.165, 1.54) is 19.4 Å². The van der Waals surface area contributed by atoms with Crippen LogP contribution >= 0.6 is 15.9 Å². The highest BCUT2D eigenvalue weighted by molar-refractivity contribution is 9.10. The quantitative estimate of drug-likeness (QED) is 0.711. The van der Waals surface area contributed by atoms with Gasteiger partial charge in [0.15, 0.2) is 0 Å². The maximum Gasteiger partial charge on any atom is 0.308 e. The van der Waals surface area contributed by atoms with Gasteiger partial charge in [-0.15, -0.1) is 0 Å². The Kier molecular flexibility index (Phi) is 5.47. The first-order valence-corrected chi connectivity index (χ1v) is 9.11. The van der Waals surface area contributed by atoms with Crippen molar-refractivity contribution in [3.63, 3.8) is 0 Å². The molecule has 0 aliphatic heterocycles. The molecule has 1 aliphatic carbocycles. The second-order valence-corrected chi connectivity index (χ2v) is 7.41. The molecule has 2 aromatic rings. The number of Topliss-reactive ketones (excluding diaryl/α,β-unsaturated/α-hetero) is 1. The minimum Gasteiger partial charge on any atom is -0.469 e. The Morgan fingerprint density at radius 2 is 1.88 bits per heavy atom. The van der Waals surface area contributed by atoms with Gasteiger partial charge >= 0.3 is 5.97 Å². The van der Waals surface area contributed by atoms with Crippen LogP contribution in [0.25, 0.3) is 10.8 Å². The van der Waals surface area contributed by atoms with E-state index in [1.807, 2.05) is 6.07 Å². The van der Waals surface area contributed by atoms with Crippen molar-refractivity contribution in [1.29, 1.82) is 0 Å². The largest absolute Gasteiger partial charge is 0.469 e. The van der Waals surface area contributed by atoms with Crippen LogP contribution in [0.5, 0.6) is 0 Å².